The average molecular weight is 246 g/mol. The van der Waals surface area contributed by atoms with E-state index in [0.29, 0.717) is 12.8 Å². The van der Waals surface area contributed by atoms with Gasteiger partial charge in [-0.25, -0.2) is 13.1 Å². The lowest BCUT2D eigenvalue weighted by atomic mass is 9.88. The zero-order chi connectivity index (χ0) is 12.0. The molecule has 16 heavy (non-hydrogen) atoms. The minimum Gasteiger partial charge on any atom is -0.350 e. The summed E-state index contributed by atoms with van der Waals surface area (Å²) in [6.07, 6.45) is 2.48. The van der Waals surface area contributed by atoms with E-state index in [0.717, 1.165) is 12.8 Å². The van der Waals surface area contributed by atoms with Gasteiger partial charge in [0.1, 0.15) is 0 Å². The molecule has 0 aromatic carbocycles. The first-order valence-corrected chi connectivity index (χ1v) is 7.18. The summed E-state index contributed by atoms with van der Waals surface area (Å²) >= 11 is 0. The first-order chi connectivity index (χ1) is 7.31. The third-order valence-electron chi connectivity index (χ3n) is 3.26. The van der Waals surface area contributed by atoms with E-state index in [1.807, 2.05) is 13.8 Å². The lowest BCUT2D eigenvalue weighted by Crippen LogP contribution is -2.62. The van der Waals surface area contributed by atoms with Gasteiger partial charge in [-0.2, -0.15) is 0 Å². The second-order valence-electron chi connectivity index (χ2n) is 5.22. The number of sulfonamides is 1. The van der Waals surface area contributed by atoms with Crippen molar-refractivity contribution in [2.75, 3.05) is 0 Å². The summed E-state index contributed by atoms with van der Waals surface area (Å²) in [6.45, 7) is 3.70. The van der Waals surface area contributed by atoms with Crippen LogP contribution >= 0.6 is 0 Å². The molecular weight excluding hydrogens is 228 g/mol. The van der Waals surface area contributed by atoms with Crippen molar-refractivity contribution in [3.05, 3.63) is 0 Å². The van der Waals surface area contributed by atoms with Gasteiger partial charge < -0.3 is 5.32 Å². The minimum absolute atomic E-state index is 0.00753. The van der Waals surface area contributed by atoms with Gasteiger partial charge in [0.05, 0.1) is 10.8 Å². The molecular formula is C10H18N2O3S. The molecule has 1 saturated carbocycles. The maximum Gasteiger partial charge on any atom is 0.220 e. The van der Waals surface area contributed by atoms with Crippen LogP contribution in [0.1, 0.15) is 39.5 Å². The molecule has 0 bridgehead atoms. The number of hydrogen-bond acceptors (Lipinski definition) is 3. The molecule has 0 aromatic rings. The van der Waals surface area contributed by atoms with E-state index in [2.05, 4.69) is 10.0 Å². The summed E-state index contributed by atoms with van der Waals surface area (Å²) in [7, 11) is -3.18. The van der Waals surface area contributed by atoms with Gasteiger partial charge in [0.2, 0.25) is 15.9 Å². The number of amides is 1. The highest BCUT2D eigenvalue weighted by atomic mass is 32.2. The summed E-state index contributed by atoms with van der Waals surface area (Å²) in [6, 6.07) is -0.198. The molecule has 1 amide bonds. The molecule has 2 aliphatic rings. The standard InChI is InChI=1S/C10H18N2O3S/c1-10(2)8(5-6-9(13)11-10)12-16(14,15)7-3-4-7/h7-8,12H,3-6H2,1-2H3,(H,11,13)/t8-/m0/s1. The average Bonchev–Trinajstić information content (AvgIpc) is 2.91. The molecule has 2 N–H and O–H groups in total. The largest absolute Gasteiger partial charge is 0.350 e. The molecule has 92 valence electrons. The molecule has 2 fully saturated rings. The van der Waals surface area contributed by atoms with Crippen molar-refractivity contribution in [2.45, 2.75) is 56.4 Å². The van der Waals surface area contributed by atoms with Gasteiger partial charge in [0.25, 0.3) is 0 Å². The van der Waals surface area contributed by atoms with Gasteiger partial charge in [0, 0.05) is 12.5 Å². The molecule has 1 atom stereocenters. The van der Waals surface area contributed by atoms with E-state index in [-0.39, 0.29) is 17.2 Å². The highest BCUT2D eigenvalue weighted by molar-refractivity contribution is 7.90. The van der Waals surface area contributed by atoms with Gasteiger partial charge in [-0.05, 0) is 33.1 Å². The van der Waals surface area contributed by atoms with Crippen LogP contribution in [0.15, 0.2) is 0 Å². The second kappa shape index (κ2) is 3.70. The molecule has 1 aliphatic carbocycles. The summed E-state index contributed by atoms with van der Waals surface area (Å²) in [4.78, 5) is 11.2. The van der Waals surface area contributed by atoms with Crippen LogP contribution in [0, 0.1) is 0 Å². The molecule has 0 radical (unpaired) electrons. The number of rotatable bonds is 3. The molecule has 0 aromatic heterocycles. The number of nitrogens with one attached hydrogen (secondary N) is 2. The fourth-order valence-electron chi connectivity index (χ4n) is 2.02. The molecule has 1 heterocycles. The van der Waals surface area contributed by atoms with Gasteiger partial charge >= 0.3 is 0 Å². The topological polar surface area (TPSA) is 75.3 Å². The molecule has 6 heteroatoms. The fourth-order valence-corrected chi connectivity index (χ4v) is 3.78. The van der Waals surface area contributed by atoms with Crippen LogP contribution in [0.3, 0.4) is 0 Å². The van der Waals surface area contributed by atoms with Crippen molar-refractivity contribution in [1.82, 2.24) is 10.0 Å². The summed E-state index contributed by atoms with van der Waals surface area (Å²) in [5.41, 5.74) is -0.503. The Hall–Kier alpha value is -0.620. The smallest absolute Gasteiger partial charge is 0.220 e. The summed E-state index contributed by atoms with van der Waals surface area (Å²) in [5.74, 6) is -0.00753. The Morgan fingerprint density at radius 1 is 1.31 bits per heavy atom. The van der Waals surface area contributed by atoms with E-state index in [1.54, 1.807) is 0 Å². The predicted molar refractivity (Wildman–Crippen MR) is 60.3 cm³/mol. The lowest BCUT2D eigenvalue weighted by Gasteiger charge is -2.39. The van der Waals surface area contributed by atoms with Crippen LogP contribution in [-0.2, 0) is 14.8 Å². The van der Waals surface area contributed by atoms with Crippen LogP contribution in [0.4, 0.5) is 0 Å². The van der Waals surface area contributed by atoms with Gasteiger partial charge in [-0.1, -0.05) is 0 Å². The first-order valence-electron chi connectivity index (χ1n) is 5.63. The number of piperidine rings is 1. The van der Waals surface area contributed by atoms with Crippen LogP contribution in [0.2, 0.25) is 0 Å². The number of carbonyl (C=O) groups is 1. The molecule has 0 unspecified atom stereocenters. The van der Waals surface area contributed by atoms with E-state index >= 15 is 0 Å². The molecule has 5 nitrogen and oxygen atoms in total. The summed E-state index contributed by atoms with van der Waals surface area (Å²) < 4.78 is 26.3. The van der Waals surface area contributed by atoms with Crippen molar-refractivity contribution < 1.29 is 13.2 Å². The molecule has 1 aliphatic heterocycles. The highest BCUT2D eigenvalue weighted by Crippen LogP contribution is 2.29. The second-order valence-corrected chi connectivity index (χ2v) is 7.22. The number of carbonyl (C=O) groups excluding carboxylic acids is 1. The Kier molecular flexibility index (Phi) is 2.74. The van der Waals surface area contributed by atoms with E-state index in [4.69, 9.17) is 0 Å². The van der Waals surface area contributed by atoms with Crippen LogP contribution in [0.5, 0.6) is 0 Å². The normalized spacial score (nSPS) is 29.9. The van der Waals surface area contributed by atoms with Crippen molar-refractivity contribution in [1.29, 1.82) is 0 Å². The Balaban J connectivity index is 2.06. The molecule has 0 spiro atoms. The molecule has 2 rings (SSSR count). The Labute approximate surface area is 96.0 Å². The van der Waals surface area contributed by atoms with Crippen molar-refractivity contribution in [3.63, 3.8) is 0 Å². The first kappa shape index (κ1) is 11.9. The van der Waals surface area contributed by atoms with Crippen LogP contribution in [0.25, 0.3) is 0 Å². The van der Waals surface area contributed by atoms with Gasteiger partial charge in [0.15, 0.2) is 0 Å². The van der Waals surface area contributed by atoms with Crippen molar-refractivity contribution >= 4 is 15.9 Å². The van der Waals surface area contributed by atoms with Crippen LogP contribution in [-0.4, -0.2) is 31.2 Å². The zero-order valence-electron chi connectivity index (χ0n) is 9.62. The Morgan fingerprint density at radius 2 is 1.94 bits per heavy atom. The minimum atomic E-state index is -3.18. The lowest BCUT2D eigenvalue weighted by molar-refractivity contribution is -0.125. The van der Waals surface area contributed by atoms with E-state index < -0.39 is 15.6 Å². The quantitative estimate of drug-likeness (QED) is 0.743. The van der Waals surface area contributed by atoms with E-state index in [1.165, 1.54) is 0 Å². The van der Waals surface area contributed by atoms with E-state index in [9.17, 15) is 13.2 Å². The Morgan fingerprint density at radius 3 is 2.44 bits per heavy atom. The molecule has 1 saturated heterocycles. The van der Waals surface area contributed by atoms with Crippen molar-refractivity contribution in [2.24, 2.45) is 0 Å². The highest BCUT2D eigenvalue weighted by Gasteiger charge is 2.42. The zero-order valence-corrected chi connectivity index (χ0v) is 10.4. The number of hydrogen-bond donors (Lipinski definition) is 2. The SMILES string of the molecule is CC1(C)NC(=O)CC[C@@H]1NS(=O)(=O)C1CC1. The van der Waals surface area contributed by atoms with Crippen molar-refractivity contribution in [3.8, 4) is 0 Å². The van der Waals surface area contributed by atoms with Gasteiger partial charge in [-0.3, -0.25) is 4.79 Å². The third kappa shape index (κ3) is 2.38. The third-order valence-corrected chi connectivity index (χ3v) is 5.22. The monoisotopic (exact) mass is 246 g/mol. The Bertz CT molecular complexity index is 398. The maximum absolute atomic E-state index is 11.8. The van der Waals surface area contributed by atoms with Gasteiger partial charge in [-0.15, -0.1) is 0 Å². The maximum atomic E-state index is 11.8. The summed E-state index contributed by atoms with van der Waals surface area (Å²) in [5, 5.41) is 2.61. The fraction of sp³-hybridized carbons (Fsp3) is 0.900. The van der Waals surface area contributed by atoms with Crippen LogP contribution < -0.4 is 10.0 Å². The predicted octanol–water partition coefficient (Wildman–Crippen LogP) is 0.125.